The van der Waals surface area contributed by atoms with Crippen molar-refractivity contribution in [3.63, 3.8) is 0 Å². The van der Waals surface area contributed by atoms with Crippen LogP contribution in [0.1, 0.15) is 232 Å². The number of aliphatic hydroxyl groups excluding tert-OH is 3. The molecule has 0 saturated carbocycles. The Balaban J connectivity index is 0.000000164. The molecule has 3 atom stereocenters. The van der Waals surface area contributed by atoms with Gasteiger partial charge in [-0.05, 0) is 229 Å². The van der Waals surface area contributed by atoms with Crippen LogP contribution in [-0.4, -0.2) is 187 Å². The minimum absolute atomic E-state index is 0.0811. The zero-order chi connectivity index (χ0) is 97.1. The number of amides is 6. The maximum Gasteiger partial charge on any atom is 0.274 e. The molecular formula is C112H124Cl2F2N12O9. The fraction of sp³-hybridized carbons (Fsp3) is 0.348. The quantitative estimate of drug-likeness (QED) is 0.0348. The SMILES string of the molecule is CCCCN(CCCC)C(=O)c1cc(C)n(-c2ccc(-c3ccc(F)c(F)c3)cc2C(=O)N2Cc3ccccc3C[C@H]2CO)n1.CCCCN(CCCC)C(=O)c1cc(C)n(-c2ccc(-c3ccc4ccccc4c3)cc2C(=O)N2Cc3ccccc3C[C@H]2CO)n1.CCCCN(CCCC)C(=O)c1cc(C)n(-c2ccc(-c3cccc(Cl)c3Cl)cc2C(=O)N2Cc3ccccc3C[C@H]2CO)n1. The highest BCUT2D eigenvalue weighted by molar-refractivity contribution is 6.43. The zero-order valence-corrected chi connectivity index (χ0v) is 81.4. The third-order valence-corrected chi connectivity index (χ3v) is 27.1. The number of carbonyl (C=O) groups excluding carboxylic acids is 6. The van der Waals surface area contributed by atoms with Crippen LogP contribution in [0.2, 0.25) is 10.0 Å². The Morgan fingerprint density at radius 1 is 0.343 bits per heavy atom. The normalized spacial score (nSPS) is 14.3. The molecule has 0 bridgehead atoms. The van der Waals surface area contributed by atoms with Crippen molar-refractivity contribution in [2.75, 3.05) is 59.1 Å². The highest BCUT2D eigenvalue weighted by Crippen LogP contribution is 2.40. The summed E-state index contributed by atoms with van der Waals surface area (Å²) in [6.07, 6.45) is 13.1. The van der Waals surface area contributed by atoms with Crippen molar-refractivity contribution in [1.82, 2.24) is 58.7 Å². The molecule has 137 heavy (non-hydrogen) atoms. The van der Waals surface area contributed by atoms with E-state index in [1.165, 1.54) is 6.07 Å². The molecule has 714 valence electrons. The molecule has 0 aliphatic carbocycles. The fourth-order valence-electron chi connectivity index (χ4n) is 18.4. The van der Waals surface area contributed by atoms with Gasteiger partial charge >= 0.3 is 0 Å². The van der Waals surface area contributed by atoms with Crippen molar-refractivity contribution in [3.05, 3.63) is 330 Å². The number of unbranched alkanes of at least 4 members (excludes halogenated alkanes) is 6. The van der Waals surface area contributed by atoms with Crippen molar-refractivity contribution in [3.8, 4) is 50.4 Å². The van der Waals surface area contributed by atoms with E-state index < -0.39 is 17.7 Å². The lowest BCUT2D eigenvalue weighted by atomic mass is 9.93. The summed E-state index contributed by atoms with van der Waals surface area (Å²) in [4.78, 5) is 95.4. The van der Waals surface area contributed by atoms with Crippen molar-refractivity contribution < 1.29 is 52.9 Å². The molecular weight excluding hydrogens is 1770 g/mol. The lowest BCUT2D eigenvalue weighted by Crippen LogP contribution is -2.46. The predicted octanol–water partition coefficient (Wildman–Crippen LogP) is 22.1. The van der Waals surface area contributed by atoms with Gasteiger partial charge in [-0.3, -0.25) is 28.8 Å². The lowest BCUT2D eigenvalue weighted by Gasteiger charge is -2.36. The Bertz CT molecular complexity index is 6460. The molecule has 0 unspecified atom stereocenters. The van der Waals surface area contributed by atoms with Gasteiger partial charge in [0.05, 0.1) is 81.7 Å². The Hall–Kier alpha value is -12.8. The highest BCUT2D eigenvalue weighted by Gasteiger charge is 2.38. The van der Waals surface area contributed by atoms with E-state index in [0.29, 0.717) is 156 Å². The number of hydrogen-bond donors (Lipinski definition) is 3. The van der Waals surface area contributed by atoms with Gasteiger partial charge in [0.25, 0.3) is 35.4 Å². The van der Waals surface area contributed by atoms with Crippen LogP contribution in [0.15, 0.2) is 224 Å². The maximum absolute atomic E-state index is 14.7. The largest absolute Gasteiger partial charge is 0.394 e. The van der Waals surface area contributed by atoms with Crippen LogP contribution < -0.4 is 0 Å². The summed E-state index contributed by atoms with van der Waals surface area (Å²) in [6, 6.07) is 68.2. The van der Waals surface area contributed by atoms with Gasteiger partial charge in [-0.2, -0.15) is 15.3 Å². The topological polar surface area (TPSA) is 236 Å². The molecule has 10 aromatic carbocycles. The van der Waals surface area contributed by atoms with Crippen molar-refractivity contribution >= 4 is 69.4 Å². The first-order chi connectivity index (χ1) is 66.4. The molecule has 0 fully saturated rings. The number of nitrogens with zero attached hydrogens (tertiary/aromatic N) is 12. The van der Waals surface area contributed by atoms with E-state index in [1.54, 1.807) is 65.1 Å². The minimum atomic E-state index is -0.987. The standard InChI is InChI=1S/C40H44N4O3.C36H40Cl2N4O3.C36H40F2N4O3/c1-4-6-20-42(21-7-5-2)40(47)37-22-28(3)44(41-37)38-19-18-33(32-17-16-29-12-8-9-13-30(29)23-32)25-36(38)39(46)43-26-34-15-11-10-14-31(34)24-35(43)27-45;1-4-6-17-40(18-7-5-2)36(45)32-19-24(3)42(39-32)33-16-15-26(29-13-10-14-31(37)34(29)38)21-30(33)35(44)41-22-27-12-9-8-11-25(27)20-28(41)23-43;1-4-6-16-40(17-7-5-2)36(45)33-18-24(3)42(39-33)34-15-13-26(27-12-14-31(37)32(38)21-27)20-30(34)35(44)41-22-28-11-9-8-10-25(28)19-29(41)23-43/h8-19,22-23,25,35,45H,4-7,20-21,24,26-27H2,1-3H3;8-16,19,21,28,43H,4-7,17-18,20,22-23H2,1-3H3;8-15,18,20-21,29,43H,4-7,16-17,19,22-23H2,1-3H3/t35-;28-;29-/m000/s1. The Kier molecular flexibility index (Phi) is 34.3. The highest BCUT2D eigenvalue weighted by atomic mass is 35.5. The molecule has 0 radical (unpaired) electrons. The van der Waals surface area contributed by atoms with Crippen LogP contribution in [0.4, 0.5) is 8.78 Å². The molecule has 25 heteroatoms. The van der Waals surface area contributed by atoms with Crippen molar-refractivity contribution in [2.24, 2.45) is 0 Å². The third-order valence-electron chi connectivity index (χ3n) is 26.3. The monoisotopic (exact) mass is 1890 g/mol. The van der Waals surface area contributed by atoms with Gasteiger partial charge < -0.3 is 44.7 Å². The predicted molar refractivity (Wildman–Crippen MR) is 538 cm³/mol. The summed E-state index contributed by atoms with van der Waals surface area (Å²) in [5.74, 6) is -3.04. The summed E-state index contributed by atoms with van der Waals surface area (Å²) in [7, 11) is 0. The molecule has 6 amide bonds. The van der Waals surface area contributed by atoms with Gasteiger partial charge in [0.15, 0.2) is 28.7 Å². The summed E-state index contributed by atoms with van der Waals surface area (Å²) in [5.41, 5.74) is 16.7. The van der Waals surface area contributed by atoms with Gasteiger partial charge in [0, 0.05) is 81.5 Å². The van der Waals surface area contributed by atoms with E-state index in [1.807, 2.05) is 169 Å². The minimum Gasteiger partial charge on any atom is -0.394 e. The van der Waals surface area contributed by atoms with E-state index in [0.717, 1.165) is 161 Å². The Morgan fingerprint density at radius 3 is 1.00 bits per heavy atom. The van der Waals surface area contributed by atoms with Gasteiger partial charge in [-0.25, -0.2) is 22.8 Å². The van der Waals surface area contributed by atoms with Crippen molar-refractivity contribution in [1.29, 1.82) is 0 Å². The molecule has 6 heterocycles. The second-order valence-corrected chi connectivity index (χ2v) is 36.7. The van der Waals surface area contributed by atoms with E-state index in [4.69, 9.17) is 38.5 Å². The molecule has 3 aliphatic rings. The number of fused-ring (bicyclic) bond motifs is 4. The molecule has 0 spiro atoms. The van der Waals surface area contributed by atoms with Crippen LogP contribution >= 0.6 is 23.2 Å². The second-order valence-electron chi connectivity index (χ2n) is 36.0. The second kappa shape index (κ2) is 46.9. The first-order valence-electron chi connectivity index (χ1n) is 48.3. The van der Waals surface area contributed by atoms with E-state index in [-0.39, 0.29) is 72.9 Å². The summed E-state index contributed by atoms with van der Waals surface area (Å²) >= 11 is 13.0. The molecule has 13 aromatic rings. The Morgan fingerprint density at radius 2 is 0.650 bits per heavy atom. The number of aryl methyl sites for hydroxylation is 3. The first-order valence-corrected chi connectivity index (χ1v) is 49.0. The molecule has 0 saturated heterocycles. The van der Waals surface area contributed by atoms with Gasteiger partial charge in [-0.1, -0.05) is 249 Å². The zero-order valence-electron chi connectivity index (χ0n) is 79.9. The third kappa shape index (κ3) is 23.1. The summed E-state index contributed by atoms with van der Waals surface area (Å²) in [5, 5.41) is 48.5. The van der Waals surface area contributed by atoms with Crippen molar-refractivity contribution in [2.45, 2.75) is 196 Å². The van der Waals surface area contributed by atoms with E-state index >= 15 is 0 Å². The van der Waals surface area contributed by atoms with E-state index in [9.17, 15) is 52.9 Å². The van der Waals surface area contributed by atoms with Crippen LogP contribution in [0.25, 0.3) is 61.2 Å². The number of benzene rings is 10. The van der Waals surface area contributed by atoms with E-state index in [2.05, 4.69) is 77.9 Å². The molecule has 16 rings (SSSR count). The first kappa shape index (κ1) is 100. The molecule has 3 aromatic heterocycles. The Labute approximate surface area is 812 Å². The van der Waals surface area contributed by atoms with Gasteiger partial charge in [0.2, 0.25) is 0 Å². The summed E-state index contributed by atoms with van der Waals surface area (Å²) in [6.45, 7) is 22.9. The number of hydrogen-bond acceptors (Lipinski definition) is 12. The van der Waals surface area contributed by atoms with Gasteiger partial charge in [-0.15, -0.1) is 0 Å². The summed E-state index contributed by atoms with van der Waals surface area (Å²) < 4.78 is 33.0. The average Bonchev–Trinajstić information content (AvgIpc) is 1.26. The number of aliphatic hydroxyl groups is 3. The number of halogens is 4. The van der Waals surface area contributed by atoms with Crippen LogP contribution in [-0.2, 0) is 38.9 Å². The lowest BCUT2D eigenvalue weighted by molar-refractivity contribution is 0.0539. The van der Waals surface area contributed by atoms with Gasteiger partial charge in [0.1, 0.15) is 0 Å². The molecule has 3 N–H and O–H groups in total. The maximum atomic E-state index is 14.7. The van der Waals surface area contributed by atoms with Crippen LogP contribution in [0.3, 0.4) is 0 Å². The fourth-order valence-corrected chi connectivity index (χ4v) is 18.8. The molecule has 3 aliphatic heterocycles. The number of aromatic nitrogens is 6. The van der Waals surface area contributed by atoms with Crippen LogP contribution in [0.5, 0.6) is 0 Å². The number of rotatable bonds is 33. The average molecular weight is 1890 g/mol. The number of carbonyl (C=O) groups is 6. The smallest absolute Gasteiger partial charge is 0.274 e. The van der Waals surface area contributed by atoms with Crippen LogP contribution in [0, 0.1) is 32.4 Å². The molecule has 21 nitrogen and oxygen atoms in total.